The summed E-state index contributed by atoms with van der Waals surface area (Å²) in [6.07, 6.45) is 4.28. The third-order valence-electron chi connectivity index (χ3n) is 7.96. The molecule has 204 valence electrons. The molecule has 3 aromatic rings. The molecule has 39 heavy (non-hydrogen) atoms. The summed E-state index contributed by atoms with van der Waals surface area (Å²) in [4.78, 5) is 18.2. The molecule has 0 spiro atoms. The number of fused-ring (bicyclic) bond motifs is 1. The maximum absolute atomic E-state index is 13.7. The predicted octanol–water partition coefficient (Wildman–Crippen LogP) is 5.26. The van der Waals surface area contributed by atoms with E-state index in [1.165, 1.54) is 12.1 Å². The fourth-order valence-electron chi connectivity index (χ4n) is 5.28. The summed E-state index contributed by atoms with van der Waals surface area (Å²) < 4.78 is 31.0. The summed E-state index contributed by atoms with van der Waals surface area (Å²) in [5.41, 5.74) is 7.36. The SMILES string of the molecule is COc1cc(C(=O)CC[C@](O)(c2cc3c(c(-c4ccc(F)cc4)n2)OC[C@]3(C)N)C2CC2)ccc1OC1CC1. The highest BCUT2D eigenvalue weighted by atomic mass is 19.1. The summed E-state index contributed by atoms with van der Waals surface area (Å²) in [5.74, 6) is 1.23. The van der Waals surface area contributed by atoms with Crippen molar-refractivity contribution in [1.82, 2.24) is 4.98 Å². The lowest BCUT2D eigenvalue weighted by molar-refractivity contribution is -0.00116. The Morgan fingerprint density at radius 3 is 2.56 bits per heavy atom. The van der Waals surface area contributed by atoms with Crippen LogP contribution in [0.4, 0.5) is 4.39 Å². The molecule has 2 aliphatic carbocycles. The maximum Gasteiger partial charge on any atom is 0.163 e. The van der Waals surface area contributed by atoms with Crippen molar-refractivity contribution in [3.8, 4) is 28.5 Å². The number of Topliss-reactive ketones (excluding diaryl/α,β-unsaturated/α-hetero) is 1. The molecule has 3 N–H and O–H groups in total. The van der Waals surface area contributed by atoms with E-state index in [9.17, 15) is 14.3 Å². The van der Waals surface area contributed by atoms with E-state index in [1.807, 2.05) is 13.0 Å². The van der Waals surface area contributed by atoms with Gasteiger partial charge in [-0.2, -0.15) is 0 Å². The standard InChI is InChI=1S/C31H33FN2O5/c1-30(33)17-38-29-23(30)16-27(34-28(29)18-3-8-21(32)9-4-18)31(36,20-6-7-20)14-13-24(35)19-5-12-25(26(15-19)37-2)39-22-10-11-22/h3-5,8-9,12,15-16,20,22,36H,6-7,10-11,13-14,17,33H2,1-2H3/t30-,31+/m0/s1. The number of methoxy groups -OCH3 is 1. The Bertz CT molecular complexity index is 1420. The summed E-state index contributed by atoms with van der Waals surface area (Å²) in [6.45, 7) is 2.14. The normalized spacial score (nSPS) is 21.6. The average Bonchev–Trinajstić information content (AvgIpc) is 3.86. The molecular formula is C31H33FN2O5. The van der Waals surface area contributed by atoms with Crippen molar-refractivity contribution in [3.05, 3.63) is 71.2 Å². The van der Waals surface area contributed by atoms with Crippen molar-refractivity contribution in [3.63, 3.8) is 0 Å². The molecule has 1 aliphatic heterocycles. The summed E-state index contributed by atoms with van der Waals surface area (Å²) >= 11 is 0. The first kappa shape index (κ1) is 25.8. The first-order valence-corrected chi connectivity index (χ1v) is 13.5. The van der Waals surface area contributed by atoms with Crippen LogP contribution in [0, 0.1) is 11.7 Å². The monoisotopic (exact) mass is 532 g/mol. The lowest BCUT2D eigenvalue weighted by Gasteiger charge is -2.29. The van der Waals surface area contributed by atoms with Gasteiger partial charge in [0.05, 0.1) is 24.4 Å². The Kier molecular flexibility index (Phi) is 6.35. The van der Waals surface area contributed by atoms with Gasteiger partial charge < -0.3 is 25.1 Å². The minimum atomic E-state index is -1.32. The van der Waals surface area contributed by atoms with Crippen molar-refractivity contribution < 1.29 is 28.5 Å². The highest BCUT2D eigenvalue weighted by Crippen LogP contribution is 2.51. The van der Waals surface area contributed by atoms with Gasteiger partial charge in [0.2, 0.25) is 0 Å². The van der Waals surface area contributed by atoms with Crippen LogP contribution in [-0.4, -0.2) is 35.7 Å². The second-order valence-corrected chi connectivity index (χ2v) is 11.3. The number of rotatable bonds is 10. The van der Waals surface area contributed by atoms with Gasteiger partial charge in [0, 0.05) is 23.1 Å². The topological polar surface area (TPSA) is 104 Å². The zero-order valence-electron chi connectivity index (χ0n) is 22.2. The van der Waals surface area contributed by atoms with E-state index in [4.69, 9.17) is 24.9 Å². The maximum atomic E-state index is 13.7. The fourth-order valence-corrected chi connectivity index (χ4v) is 5.28. The number of nitrogens with two attached hydrogens (primary N) is 1. The molecule has 0 radical (unpaired) electrons. The van der Waals surface area contributed by atoms with Crippen molar-refractivity contribution in [2.24, 2.45) is 11.7 Å². The molecule has 0 bridgehead atoms. The van der Waals surface area contributed by atoms with Crippen molar-refractivity contribution >= 4 is 5.78 Å². The molecule has 7 nitrogen and oxygen atoms in total. The van der Waals surface area contributed by atoms with E-state index in [-0.39, 0.29) is 43.1 Å². The second-order valence-electron chi connectivity index (χ2n) is 11.3. The number of pyridine rings is 1. The number of aromatic nitrogens is 1. The van der Waals surface area contributed by atoms with Crippen LogP contribution in [0.2, 0.25) is 0 Å². The summed E-state index contributed by atoms with van der Waals surface area (Å²) in [7, 11) is 1.56. The predicted molar refractivity (Wildman–Crippen MR) is 143 cm³/mol. The molecule has 1 aromatic heterocycles. The minimum absolute atomic E-state index is 0.0212. The van der Waals surface area contributed by atoms with Crippen LogP contribution in [0.25, 0.3) is 11.3 Å². The van der Waals surface area contributed by atoms with Gasteiger partial charge in [-0.1, -0.05) is 0 Å². The molecule has 0 amide bonds. The molecule has 2 heterocycles. The Balaban J connectivity index is 1.31. The van der Waals surface area contributed by atoms with Crippen LogP contribution >= 0.6 is 0 Å². The zero-order valence-corrected chi connectivity index (χ0v) is 22.2. The van der Waals surface area contributed by atoms with Crippen LogP contribution in [-0.2, 0) is 11.1 Å². The van der Waals surface area contributed by atoms with Crippen LogP contribution in [0.5, 0.6) is 17.2 Å². The number of carbonyl (C=O) groups is 1. The third kappa shape index (κ3) is 4.99. The van der Waals surface area contributed by atoms with Gasteiger partial charge in [-0.25, -0.2) is 9.37 Å². The number of benzene rings is 2. The zero-order chi connectivity index (χ0) is 27.4. The first-order valence-electron chi connectivity index (χ1n) is 13.5. The lowest BCUT2D eigenvalue weighted by atomic mass is 9.83. The molecule has 2 atom stereocenters. The number of ether oxygens (including phenoxy) is 3. The molecule has 8 heteroatoms. The molecule has 0 unspecified atom stereocenters. The molecule has 0 saturated heterocycles. The van der Waals surface area contributed by atoms with E-state index in [2.05, 4.69) is 0 Å². The molecule has 2 fully saturated rings. The van der Waals surface area contributed by atoms with Gasteiger partial charge in [0.25, 0.3) is 0 Å². The minimum Gasteiger partial charge on any atom is -0.493 e. The Morgan fingerprint density at radius 1 is 1.15 bits per heavy atom. The number of halogens is 1. The van der Waals surface area contributed by atoms with Crippen molar-refractivity contribution in [2.75, 3.05) is 13.7 Å². The Labute approximate surface area is 227 Å². The third-order valence-corrected chi connectivity index (χ3v) is 7.96. The molecule has 2 aromatic carbocycles. The summed E-state index contributed by atoms with van der Waals surface area (Å²) in [5, 5.41) is 12.1. The van der Waals surface area contributed by atoms with E-state index < -0.39 is 11.1 Å². The van der Waals surface area contributed by atoms with Crippen LogP contribution < -0.4 is 19.9 Å². The first-order chi connectivity index (χ1) is 18.7. The lowest BCUT2D eigenvalue weighted by Crippen LogP contribution is -2.35. The van der Waals surface area contributed by atoms with Gasteiger partial charge in [-0.3, -0.25) is 4.79 Å². The molecule has 3 aliphatic rings. The van der Waals surface area contributed by atoms with Gasteiger partial charge in [-0.05, 0) is 93.5 Å². The van der Waals surface area contributed by atoms with Gasteiger partial charge in [-0.15, -0.1) is 0 Å². The van der Waals surface area contributed by atoms with Gasteiger partial charge in [0.15, 0.2) is 23.0 Å². The second kappa shape index (κ2) is 9.61. The largest absolute Gasteiger partial charge is 0.493 e. The Morgan fingerprint density at radius 2 is 1.90 bits per heavy atom. The van der Waals surface area contributed by atoms with Gasteiger partial charge >= 0.3 is 0 Å². The van der Waals surface area contributed by atoms with E-state index >= 15 is 0 Å². The van der Waals surface area contributed by atoms with Gasteiger partial charge in [0.1, 0.15) is 23.7 Å². The van der Waals surface area contributed by atoms with Crippen LogP contribution in [0.15, 0.2) is 48.5 Å². The van der Waals surface area contributed by atoms with E-state index in [0.717, 1.165) is 31.2 Å². The number of aliphatic hydroxyl groups is 1. The highest BCUT2D eigenvalue weighted by Gasteiger charge is 2.48. The number of nitrogens with zero attached hydrogens (tertiary/aromatic N) is 1. The number of ketones is 1. The molecule has 6 rings (SSSR count). The van der Waals surface area contributed by atoms with Crippen molar-refractivity contribution in [1.29, 1.82) is 0 Å². The average molecular weight is 533 g/mol. The Hall–Kier alpha value is -3.49. The van der Waals surface area contributed by atoms with E-state index in [0.29, 0.717) is 39.8 Å². The quantitative estimate of drug-likeness (QED) is 0.343. The van der Waals surface area contributed by atoms with Crippen LogP contribution in [0.1, 0.15) is 67.1 Å². The van der Waals surface area contributed by atoms with E-state index in [1.54, 1.807) is 37.4 Å². The highest BCUT2D eigenvalue weighted by molar-refractivity contribution is 5.96. The van der Waals surface area contributed by atoms with Crippen molar-refractivity contribution in [2.45, 2.75) is 62.7 Å². The van der Waals surface area contributed by atoms with Crippen LogP contribution in [0.3, 0.4) is 0 Å². The summed E-state index contributed by atoms with van der Waals surface area (Å²) in [6, 6.07) is 13.1. The fraction of sp³-hybridized carbons (Fsp3) is 0.419. The number of hydrogen-bond acceptors (Lipinski definition) is 7. The number of hydrogen-bond donors (Lipinski definition) is 2. The number of carbonyl (C=O) groups excluding carboxylic acids is 1. The smallest absolute Gasteiger partial charge is 0.163 e. The molecule has 2 saturated carbocycles. The molecular weight excluding hydrogens is 499 g/mol.